The summed E-state index contributed by atoms with van der Waals surface area (Å²) in [5, 5.41) is 21.7. The van der Waals surface area contributed by atoms with Crippen LogP contribution in [0.25, 0.3) is 0 Å². The van der Waals surface area contributed by atoms with Crippen molar-refractivity contribution in [2.75, 3.05) is 11.9 Å². The molecular weight excluding hydrogens is 311 g/mol. The van der Waals surface area contributed by atoms with Gasteiger partial charge in [0.05, 0.1) is 11.1 Å². The first-order valence-electron chi connectivity index (χ1n) is 4.80. The Morgan fingerprint density at radius 3 is 2.61 bits per heavy atom. The first-order valence-corrected chi connectivity index (χ1v) is 5.59. The number of anilines is 1. The SMILES string of the molecule is O=C(Nc1ccc(F)c(Br)c1)N[C@@H](CO)C(=O)O. The van der Waals surface area contributed by atoms with E-state index in [0.717, 1.165) is 6.07 Å². The Kier molecular flexibility index (Phi) is 5.05. The molecule has 0 fully saturated rings. The van der Waals surface area contributed by atoms with Gasteiger partial charge in [0.2, 0.25) is 0 Å². The molecule has 8 heteroatoms. The molecule has 0 heterocycles. The Morgan fingerprint density at radius 1 is 1.44 bits per heavy atom. The van der Waals surface area contributed by atoms with E-state index < -0.39 is 30.5 Å². The molecule has 1 rings (SSSR count). The van der Waals surface area contributed by atoms with Crippen LogP contribution >= 0.6 is 15.9 Å². The molecule has 1 atom stereocenters. The Morgan fingerprint density at radius 2 is 2.11 bits per heavy atom. The van der Waals surface area contributed by atoms with E-state index in [1.165, 1.54) is 12.1 Å². The van der Waals surface area contributed by atoms with E-state index in [1.54, 1.807) is 0 Å². The zero-order valence-electron chi connectivity index (χ0n) is 8.98. The van der Waals surface area contributed by atoms with Crippen molar-refractivity contribution in [2.45, 2.75) is 6.04 Å². The number of aliphatic carboxylic acids is 1. The number of carbonyl (C=O) groups excluding carboxylic acids is 1. The number of rotatable bonds is 4. The third-order valence-corrected chi connectivity index (χ3v) is 2.57. The van der Waals surface area contributed by atoms with Crippen LogP contribution in [0.2, 0.25) is 0 Å². The molecule has 6 nitrogen and oxygen atoms in total. The Labute approximate surface area is 110 Å². The van der Waals surface area contributed by atoms with Crippen molar-refractivity contribution >= 4 is 33.6 Å². The maximum absolute atomic E-state index is 12.9. The van der Waals surface area contributed by atoms with Crippen LogP contribution in [0.3, 0.4) is 0 Å². The Balaban J connectivity index is 2.64. The number of hydrogen-bond donors (Lipinski definition) is 4. The van der Waals surface area contributed by atoms with E-state index in [2.05, 4.69) is 21.2 Å². The number of carbonyl (C=O) groups is 2. The molecule has 0 unspecified atom stereocenters. The second-order valence-corrected chi connectivity index (χ2v) is 4.16. The van der Waals surface area contributed by atoms with Crippen LogP contribution in [0.4, 0.5) is 14.9 Å². The van der Waals surface area contributed by atoms with E-state index in [0.29, 0.717) is 0 Å². The molecule has 0 aliphatic heterocycles. The molecule has 2 amide bonds. The number of amides is 2. The number of nitrogens with one attached hydrogen (secondary N) is 2. The molecule has 0 aliphatic rings. The third kappa shape index (κ3) is 3.97. The highest BCUT2D eigenvalue weighted by Gasteiger charge is 2.18. The highest BCUT2D eigenvalue weighted by Crippen LogP contribution is 2.19. The summed E-state index contributed by atoms with van der Waals surface area (Å²) in [5.74, 6) is -1.84. The van der Waals surface area contributed by atoms with Crippen molar-refractivity contribution in [2.24, 2.45) is 0 Å². The quantitative estimate of drug-likeness (QED) is 0.669. The summed E-state index contributed by atoms with van der Waals surface area (Å²) >= 11 is 2.94. The smallest absolute Gasteiger partial charge is 0.328 e. The van der Waals surface area contributed by atoms with Crippen LogP contribution in [0, 0.1) is 5.82 Å². The molecule has 1 aromatic rings. The first kappa shape index (κ1) is 14.4. The lowest BCUT2D eigenvalue weighted by Gasteiger charge is -2.12. The summed E-state index contributed by atoms with van der Waals surface area (Å²) in [6.45, 7) is -0.726. The van der Waals surface area contributed by atoms with Gasteiger partial charge in [-0.2, -0.15) is 0 Å². The lowest BCUT2D eigenvalue weighted by Crippen LogP contribution is -2.45. The maximum atomic E-state index is 12.9. The molecule has 0 radical (unpaired) electrons. The normalized spacial score (nSPS) is 11.7. The number of aliphatic hydroxyl groups excluding tert-OH is 1. The summed E-state index contributed by atoms with van der Waals surface area (Å²) in [6, 6.07) is 1.57. The monoisotopic (exact) mass is 320 g/mol. The number of carboxylic acids is 1. The predicted molar refractivity (Wildman–Crippen MR) is 64.8 cm³/mol. The van der Waals surface area contributed by atoms with Gasteiger partial charge in [0.25, 0.3) is 0 Å². The molecule has 0 aromatic heterocycles. The molecule has 4 N–H and O–H groups in total. The minimum absolute atomic E-state index is 0.164. The second kappa shape index (κ2) is 6.31. The summed E-state index contributed by atoms with van der Waals surface area (Å²) < 4.78 is 13.1. The van der Waals surface area contributed by atoms with Gasteiger partial charge in [-0.3, -0.25) is 0 Å². The molecule has 0 saturated heterocycles. The highest BCUT2D eigenvalue weighted by molar-refractivity contribution is 9.10. The molecule has 0 bridgehead atoms. The van der Waals surface area contributed by atoms with Crippen molar-refractivity contribution in [3.05, 3.63) is 28.5 Å². The molecule has 1 aromatic carbocycles. The number of aliphatic hydroxyl groups is 1. The zero-order valence-corrected chi connectivity index (χ0v) is 10.6. The Bertz CT molecular complexity index is 469. The topological polar surface area (TPSA) is 98.7 Å². The average Bonchev–Trinajstić information content (AvgIpc) is 2.30. The van der Waals surface area contributed by atoms with Crippen LogP contribution < -0.4 is 10.6 Å². The zero-order chi connectivity index (χ0) is 13.7. The standard InChI is InChI=1S/C10H10BrFN2O4/c11-6-3-5(1-2-7(6)12)13-10(18)14-8(4-15)9(16)17/h1-3,8,15H,4H2,(H,16,17)(H2,13,14,18)/t8-/m0/s1. The van der Waals surface area contributed by atoms with Crippen LogP contribution in [0.15, 0.2) is 22.7 Å². The van der Waals surface area contributed by atoms with E-state index in [4.69, 9.17) is 10.2 Å². The van der Waals surface area contributed by atoms with E-state index in [1.807, 2.05) is 5.32 Å². The second-order valence-electron chi connectivity index (χ2n) is 3.30. The first-order chi connectivity index (χ1) is 8.43. The highest BCUT2D eigenvalue weighted by atomic mass is 79.9. The van der Waals surface area contributed by atoms with Crippen molar-refractivity contribution in [3.8, 4) is 0 Å². The van der Waals surface area contributed by atoms with Crippen LogP contribution in [0.5, 0.6) is 0 Å². The predicted octanol–water partition coefficient (Wildman–Crippen LogP) is 1.16. The molecule has 0 aliphatic carbocycles. The van der Waals surface area contributed by atoms with Gasteiger partial charge in [-0.05, 0) is 34.1 Å². The molecular formula is C10H10BrFN2O4. The number of hydrogen-bond acceptors (Lipinski definition) is 3. The van der Waals surface area contributed by atoms with Crippen LogP contribution in [-0.4, -0.2) is 34.9 Å². The summed E-state index contributed by atoms with van der Waals surface area (Å²) in [5.41, 5.74) is 0.280. The largest absolute Gasteiger partial charge is 0.480 e. The maximum Gasteiger partial charge on any atom is 0.328 e. The fourth-order valence-electron chi connectivity index (χ4n) is 1.08. The molecule has 18 heavy (non-hydrogen) atoms. The number of carboxylic acid groups (broad SMARTS) is 1. The fraction of sp³-hybridized carbons (Fsp3) is 0.200. The van der Waals surface area contributed by atoms with Gasteiger partial charge < -0.3 is 20.8 Å². The van der Waals surface area contributed by atoms with Gasteiger partial charge in [-0.15, -0.1) is 0 Å². The van der Waals surface area contributed by atoms with Gasteiger partial charge in [-0.25, -0.2) is 14.0 Å². The van der Waals surface area contributed by atoms with Crippen molar-refractivity contribution in [1.29, 1.82) is 0 Å². The van der Waals surface area contributed by atoms with E-state index in [-0.39, 0.29) is 10.2 Å². The summed E-state index contributed by atoms with van der Waals surface area (Å²) in [4.78, 5) is 21.9. The van der Waals surface area contributed by atoms with Crippen molar-refractivity contribution in [1.82, 2.24) is 5.32 Å². The summed E-state index contributed by atoms with van der Waals surface area (Å²) in [7, 11) is 0. The van der Waals surface area contributed by atoms with E-state index in [9.17, 15) is 14.0 Å². The minimum atomic E-state index is -1.39. The number of benzene rings is 1. The number of urea groups is 1. The number of halogens is 2. The lowest BCUT2D eigenvalue weighted by atomic mass is 10.3. The van der Waals surface area contributed by atoms with Gasteiger partial charge >= 0.3 is 12.0 Å². The van der Waals surface area contributed by atoms with Gasteiger partial charge in [0.15, 0.2) is 6.04 Å². The Hall–Kier alpha value is -1.67. The summed E-state index contributed by atoms with van der Waals surface area (Å²) in [6.07, 6.45) is 0. The van der Waals surface area contributed by atoms with Gasteiger partial charge in [0.1, 0.15) is 5.82 Å². The fourth-order valence-corrected chi connectivity index (χ4v) is 1.46. The molecule has 0 spiro atoms. The minimum Gasteiger partial charge on any atom is -0.480 e. The van der Waals surface area contributed by atoms with Gasteiger partial charge in [0, 0.05) is 5.69 Å². The molecule has 98 valence electrons. The lowest BCUT2D eigenvalue weighted by molar-refractivity contribution is -0.140. The van der Waals surface area contributed by atoms with Crippen LogP contribution in [0.1, 0.15) is 0 Å². The van der Waals surface area contributed by atoms with Crippen LogP contribution in [-0.2, 0) is 4.79 Å². The third-order valence-electron chi connectivity index (χ3n) is 1.96. The van der Waals surface area contributed by atoms with Crippen molar-refractivity contribution in [3.63, 3.8) is 0 Å². The average molecular weight is 321 g/mol. The molecule has 0 saturated carbocycles. The van der Waals surface area contributed by atoms with Crippen molar-refractivity contribution < 1.29 is 24.2 Å². The van der Waals surface area contributed by atoms with Gasteiger partial charge in [-0.1, -0.05) is 0 Å². The van der Waals surface area contributed by atoms with E-state index >= 15 is 0 Å².